The Morgan fingerprint density at radius 1 is 0.912 bits per heavy atom. The average molecular weight is 533 g/mol. The number of halogens is 2. The fraction of sp³-hybridized carbons (Fsp3) is 0.0870. The summed E-state index contributed by atoms with van der Waals surface area (Å²) in [4.78, 5) is 12.9. The first-order valence-electron chi connectivity index (χ1n) is 9.97. The number of rotatable bonds is 7. The molecule has 0 saturated carbocycles. The minimum atomic E-state index is -4.04. The fourth-order valence-corrected chi connectivity index (χ4v) is 5.47. The van der Waals surface area contributed by atoms with Crippen LogP contribution in [0.25, 0.3) is 10.6 Å². The first-order valence-corrected chi connectivity index (χ1v) is 13.0. The lowest BCUT2D eigenvalue weighted by atomic mass is 10.2. The van der Waals surface area contributed by atoms with Gasteiger partial charge in [-0.2, -0.15) is 0 Å². The number of sulfonamides is 1. The fourth-order valence-electron chi connectivity index (χ4n) is 3.03. The van der Waals surface area contributed by atoms with Crippen molar-refractivity contribution in [2.75, 3.05) is 16.2 Å². The van der Waals surface area contributed by atoms with Crippen molar-refractivity contribution in [3.63, 3.8) is 0 Å². The predicted molar refractivity (Wildman–Crippen MR) is 136 cm³/mol. The van der Waals surface area contributed by atoms with Gasteiger partial charge in [0, 0.05) is 15.6 Å². The minimum Gasteiger partial charge on any atom is -0.299 e. The molecule has 0 bridgehead atoms. The van der Waals surface area contributed by atoms with Crippen LogP contribution in [-0.2, 0) is 14.8 Å². The van der Waals surface area contributed by atoms with E-state index in [1.165, 1.54) is 35.6 Å². The molecule has 7 nitrogen and oxygen atoms in total. The third kappa shape index (κ3) is 5.56. The SMILES string of the molecule is Cc1ccc(N(CC(=O)Nc2nnc(-c3ccc(Cl)cc3)s2)S(=O)(=O)c2ccc(Cl)cc2)cc1. The Morgan fingerprint density at radius 2 is 1.50 bits per heavy atom. The van der Waals surface area contributed by atoms with Crippen molar-refractivity contribution in [1.82, 2.24) is 10.2 Å². The van der Waals surface area contributed by atoms with E-state index in [-0.39, 0.29) is 10.0 Å². The quantitative estimate of drug-likeness (QED) is 0.331. The Labute approximate surface area is 211 Å². The highest BCUT2D eigenvalue weighted by atomic mass is 35.5. The summed E-state index contributed by atoms with van der Waals surface area (Å²) in [7, 11) is -4.04. The van der Waals surface area contributed by atoms with Crippen molar-refractivity contribution in [3.05, 3.63) is 88.4 Å². The third-order valence-corrected chi connectivity index (χ3v) is 7.95. The number of carbonyl (C=O) groups excluding carboxylic acids is 1. The number of amides is 1. The molecule has 0 radical (unpaired) electrons. The molecule has 1 heterocycles. The molecule has 4 rings (SSSR count). The molecule has 0 atom stereocenters. The Balaban J connectivity index is 1.58. The normalized spacial score (nSPS) is 11.3. The van der Waals surface area contributed by atoms with E-state index in [1.807, 2.05) is 6.92 Å². The average Bonchev–Trinajstić information content (AvgIpc) is 3.27. The van der Waals surface area contributed by atoms with Gasteiger partial charge in [-0.1, -0.05) is 64.4 Å². The van der Waals surface area contributed by atoms with Crippen molar-refractivity contribution in [1.29, 1.82) is 0 Å². The van der Waals surface area contributed by atoms with Gasteiger partial charge in [0.15, 0.2) is 0 Å². The number of hydrogen-bond donors (Lipinski definition) is 1. The number of aryl methyl sites for hydroxylation is 1. The van der Waals surface area contributed by atoms with Crippen molar-refractivity contribution in [3.8, 4) is 10.6 Å². The predicted octanol–water partition coefficient (Wildman–Crippen LogP) is 5.65. The van der Waals surface area contributed by atoms with Crippen molar-refractivity contribution < 1.29 is 13.2 Å². The van der Waals surface area contributed by atoms with E-state index in [1.54, 1.807) is 48.5 Å². The number of hydrogen-bond acceptors (Lipinski definition) is 6. The summed E-state index contributed by atoms with van der Waals surface area (Å²) in [5.41, 5.74) is 2.12. The topological polar surface area (TPSA) is 92.3 Å². The molecule has 0 spiro atoms. The molecule has 34 heavy (non-hydrogen) atoms. The van der Waals surface area contributed by atoms with E-state index in [4.69, 9.17) is 23.2 Å². The van der Waals surface area contributed by atoms with Crippen LogP contribution in [0.4, 0.5) is 10.8 Å². The third-order valence-electron chi connectivity index (χ3n) is 4.77. The van der Waals surface area contributed by atoms with Crippen LogP contribution < -0.4 is 9.62 Å². The molecule has 0 unspecified atom stereocenters. The van der Waals surface area contributed by atoms with Gasteiger partial charge in [-0.3, -0.25) is 14.4 Å². The summed E-state index contributed by atoms with van der Waals surface area (Å²) >= 11 is 13.0. The molecule has 0 aliphatic heterocycles. The van der Waals surface area contributed by atoms with Gasteiger partial charge in [0.1, 0.15) is 11.6 Å². The zero-order chi connectivity index (χ0) is 24.3. The molecule has 11 heteroatoms. The van der Waals surface area contributed by atoms with Crippen molar-refractivity contribution in [2.24, 2.45) is 0 Å². The Morgan fingerprint density at radius 3 is 2.12 bits per heavy atom. The van der Waals surface area contributed by atoms with Crippen LogP contribution in [0.1, 0.15) is 5.56 Å². The minimum absolute atomic E-state index is 0.0196. The number of anilines is 2. The summed E-state index contributed by atoms with van der Waals surface area (Å²) in [6.45, 7) is 1.44. The maximum Gasteiger partial charge on any atom is 0.264 e. The van der Waals surface area contributed by atoms with E-state index >= 15 is 0 Å². The smallest absolute Gasteiger partial charge is 0.264 e. The van der Waals surface area contributed by atoms with Crippen LogP contribution in [0.5, 0.6) is 0 Å². The molecule has 1 amide bonds. The second kappa shape index (κ2) is 10.1. The highest BCUT2D eigenvalue weighted by Gasteiger charge is 2.27. The lowest BCUT2D eigenvalue weighted by Crippen LogP contribution is -2.38. The summed E-state index contributed by atoms with van der Waals surface area (Å²) in [5.74, 6) is -0.558. The Bertz CT molecular complexity index is 1410. The van der Waals surface area contributed by atoms with Crippen LogP contribution in [0.2, 0.25) is 10.0 Å². The highest BCUT2D eigenvalue weighted by Crippen LogP contribution is 2.28. The maximum atomic E-state index is 13.4. The highest BCUT2D eigenvalue weighted by molar-refractivity contribution is 7.92. The molecular weight excluding hydrogens is 515 g/mol. The van der Waals surface area contributed by atoms with E-state index in [0.717, 1.165) is 15.4 Å². The maximum absolute atomic E-state index is 13.4. The van der Waals surface area contributed by atoms with Gasteiger partial charge in [-0.05, 0) is 55.5 Å². The van der Waals surface area contributed by atoms with Crippen LogP contribution in [0, 0.1) is 6.92 Å². The van der Waals surface area contributed by atoms with Gasteiger partial charge in [-0.15, -0.1) is 10.2 Å². The molecule has 0 saturated heterocycles. The van der Waals surface area contributed by atoms with Gasteiger partial charge in [0.25, 0.3) is 10.0 Å². The lowest BCUT2D eigenvalue weighted by Gasteiger charge is -2.24. The lowest BCUT2D eigenvalue weighted by molar-refractivity contribution is -0.114. The first-order chi connectivity index (χ1) is 16.2. The second-order valence-corrected chi connectivity index (χ2v) is 11.0. The van der Waals surface area contributed by atoms with E-state index in [0.29, 0.717) is 20.7 Å². The molecule has 1 aromatic heterocycles. The van der Waals surface area contributed by atoms with Crippen molar-refractivity contribution in [2.45, 2.75) is 11.8 Å². The monoisotopic (exact) mass is 532 g/mol. The molecule has 0 aliphatic rings. The van der Waals surface area contributed by atoms with Crippen molar-refractivity contribution >= 4 is 61.3 Å². The largest absolute Gasteiger partial charge is 0.299 e. The molecule has 0 fully saturated rings. The van der Waals surface area contributed by atoms with E-state index < -0.39 is 22.5 Å². The zero-order valence-corrected chi connectivity index (χ0v) is 20.9. The standard InChI is InChI=1S/C23H18Cl2N4O3S2/c1-15-2-10-19(11-3-15)29(34(31,32)20-12-8-18(25)9-13-20)14-21(30)26-23-28-27-22(33-23)16-4-6-17(24)7-5-16/h2-13H,14H2,1H3,(H,26,28,30). The molecule has 174 valence electrons. The van der Waals surface area contributed by atoms with Gasteiger partial charge >= 0.3 is 0 Å². The second-order valence-electron chi connectivity index (χ2n) is 7.27. The van der Waals surface area contributed by atoms with Gasteiger partial charge in [0.2, 0.25) is 11.0 Å². The number of nitrogens with zero attached hydrogens (tertiary/aromatic N) is 3. The molecular formula is C23H18Cl2N4O3S2. The number of benzene rings is 3. The zero-order valence-electron chi connectivity index (χ0n) is 17.8. The Hall–Kier alpha value is -2.98. The van der Waals surface area contributed by atoms with Gasteiger partial charge < -0.3 is 0 Å². The molecule has 4 aromatic rings. The first kappa shape index (κ1) is 24.2. The van der Waals surface area contributed by atoms with E-state index in [9.17, 15) is 13.2 Å². The number of nitrogens with one attached hydrogen (secondary N) is 1. The summed E-state index contributed by atoms with van der Waals surface area (Å²) < 4.78 is 27.8. The summed E-state index contributed by atoms with van der Waals surface area (Å²) in [6.07, 6.45) is 0. The van der Waals surface area contributed by atoms with Gasteiger partial charge in [-0.25, -0.2) is 8.42 Å². The van der Waals surface area contributed by atoms with Crippen LogP contribution >= 0.6 is 34.5 Å². The molecule has 0 aliphatic carbocycles. The van der Waals surface area contributed by atoms with Crippen LogP contribution in [0.3, 0.4) is 0 Å². The Kier molecular flexibility index (Phi) is 7.18. The summed E-state index contributed by atoms with van der Waals surface area (Å²) in [5, 5.41) is 12.6. The van der Waals surface area contributed by atoms with Crippen LogP contribution in [-0.4, -0.2) is 31.1 Å². The summed E-state index contributed by atoms with van der Waals surface area (Å²) in [6, 6.07) is 19.7. The molecule has 3 aromatic carbocycles. The van der Waals surface area contributed by atoms with E-state index in [2.05, 4.69) is 15.5 Å². The van der Waals surface area contributed by atoms with Crippen LogP contribution in [0.15, 0.2) is 77.7 Å². The van der Waals surface area contributed by atoms with Gasteiger partial charge in [0.05, 0.1) is 10.6 Å². The molecule has 1 N–H and O–H groups in total. The number of aromatic nitrogens is 2. The number of carbonyl (C=O) groups is 1.